The van der Waals surface area contributed by atoms with Crippen molar-refractivity contribution in [2.24, 2.45) is 0 Å². The molecule has 0 aliphatic carbocycles. The molecule has 0 saturated heterocycles. The lowest BCUT2D eigenvalue weighted by Crippen LogP contribution is -2.41. The zero-order valence-corrected chi connectivity index (χ0v) is 15.9. The second kappa shape index (κ2) is 5.79. The Bertz CT molecular complexity index is 1270. The predicted octanol–water partition coefficient (Wildman–Crippen LogP) is 3.00. The van der Waals surface area contributed by atoms with E-state index in [0.717, 1.165) is 27.9 Å². The number of hydrogen-bond donors (Lipinski definition) is 0. The Morgan fingerprint density at radius 2 is 2.11 bits per heavy atom. The molecule has 4 heterocycles. The molecule has 0 spiro atoms. The smallest absolute Gasteiger partial charge is 0.291 e. The number of rotatable bonds is 2. The predicted molar refractivity (Wildman–Crippen MR) is 107 cm³/mol. The number of thiophene rings is 1. The molecule has 0 radical (unpaired) electrons. The Hall–Kier alpha value is -2.93. The van der Waals surface area contributed by atoms with Gasteiger partial charge in [-0.2, -0.15) is 5.10 Å². The van der Waals surface area contributed by atoms with E-state index in [1.54, 1.807) is 16.2 Å². The van der Waals surface area contributed by atoms with Gasteiger partial charge in [0.15, 0.2) is 0 Å². The van der Waals surface area contributed by atoms with Crippen molar-refractivity contribution in [3.05, 3.63) is 63.5 Å². The molecule has 5 rings (SSSR count). The van der Waals surface area contributed by atoms with Crippen molar-refractivity contribution in [1.82, 2.24) is 14.2 Å². The average Bonchev–Trinajstić information content (AvgIpc) is 3.30. The monoisotopic (exact) mass is 378 g/mol. The zero-order chi connectivity index (χ0) is 18.7. The minimum absolute atomic E-state index is 0.0618. The van der Waals surface area contributed by atoms with Gasteiger partial charge in [-0.3, -0.25) is 14.0 Å². The number of aryl methyl sites for hydroxylation is 1. The maximum absolute atomic E-state index is 13.0. The van der Waals surface area contributed by atoms with E-state index in [1.165, 1.54) is 4.68 Å². The fourth-order valence-electron chi connectivity index (χ4n) is 4.06. The van der Waals surface area contributed by atoms with Crippen molar-refractivity contribution in [2.45, 2.75) is 32.9 Å². The first kappa shape index (κ1) is 16.3. The Morgan fingerprint density at radius 1 is 1.30 bits per heavy atom. The van der Waals surface area contributed by atoms with E-state index in [-0.39, 0.29) is 24.1 Å². The summed E-state index contributed by atoms with van der Waals surface area (Å²) in [6.07, 6.45) is 0.831. The standard InChI is InChI=1S/C20H18N4O2S/c1-12-9-14-5-3-4-6-16(14)23(12)18(25)11-22-19(26)17-10-15-7-8-27-20(15)24(17)13(2)21-22/h3-8,10,12H,9,11H2,1-2H3. The van der Waals surface area contributed by atoms with Crippen molar-refractivity contribution >= 4 is 38.7 Å². The summed E-state index contributed by atoms with van der Waals surface area (Å²) >= 11 is 1.58. The number of anilines is 1. The summed E-state index contributed by atoms with van der Waals surface area (Å²) in [4.78, 5) is 28.8. The van der Waals surface area contributed by atoms with E-state index in [1.807, 2.05) is 60.0 Å². The van der Waals surface area contributed by atoms with E-state index < -0.39 is 0 Å². The minimum atomic E-state index is -0.238. The fourth-order valence-corrected chi connectivity index (χ4v) is 5.00. The van der Waals surface area contributed by atoms with Crippen molar-refractivity contribution in [1.29, 1.82) is 0 Å². The Morgan fingerprint density at radius 3 is 2.96 bits per heavy atom. The van der Waals surface area contributed by atoms with Crippen LogP contribution >= 0.6 is 11.3 Å². The summed E-state index contributed by atoms with van der Waals surface area (Å²) in [5.74, 6) is 0.587. The lowest BCUT2D eigenvalue weighted by atomic mass is 10.1. The van der Waals surface area contributed by atoms with Gasteiger partial charge < -0.3 is 4.90 Å². The second-order valence-corrected chi connectivity index (χ2v) is 7.90. The number of benzene rings is 1. The van der Waals surface area contributed by atoms with Gasteiger partial charge in [-0.1, -0.05) is 18.2 Å². The van der Waals surface area contributed by atoms with Crippen LogP contribution in [-0.2, 0) is 17.8 Å². The normalized spacial score (nSPS) is 16.4. The van der Waals surface area contributed by atoms with Crippen molar-refractivity contribution in [2.75, 3.05) is 4.90 Å². The van der Waals surface area contributed by atoms with Gasteiger partial charge in [0, 0.05) is 17.1 Å². The first-order valence-corrected chi connectivity index (χ1v) is 9.79. The highest BCUT2D eigenvalue weighted by Gasteiger charge is 2.31. The van der Waals surface area contributed by atoms with Gasteiger partial charge in [-0.25, -0.2) is 4.68 Å². The number of aromatic nitrogens is 3. The van der Waals surface area contributed by atoms with E-state index >= 15 is 0 Å². The summed E-state index contributed by atoms with van der Waals surface area (Å²) < 4.78 is 3.17. The SMILES string of the molecule is Cc1nn(CC(=O)N2c3ccccc3CC2C)c(=O)c2cc3ccsc3n12. The topological polar surface area (TPSA) is 59.6 Å². The van der Waals surface area contributed by atoms with Crippen LogP contribution in [0.3, 0.4) is 0 Å². The van der Waals surface area contributed by atoms with Crippen LogP contribution in [-0.4, -0.2) is 26.1 Å². The molecule has 4 aromatic rings. The average molecular weight is 378 g/mol. The molecule has 1 aliphatic heterocycles. The first-order valence-electron chi connectivity index (χ1n) is 8.91. The van der Waals surface area contributed by atoms with Crippen LogP contribution in [0.15, 0.2) is 46.6 Å². The molecule has 7 heteroatoms. The number of nitrogens with zero attached hydrogens (tertiary/aromatic N) is 4. The third-order valence-corrected chi connectivity index (χ3v) is 6.13. The van der Waals surface area contributed by atoms with E-state index in [2.05, 4.69) is 5.10 Å². The summed E-state index contributed by atoms with van der Waals surface area (Å²) in [5, 5.41) is 7.44. The van der Waals surface area contributed by atoms with Crippen molar-refractivity contribution < 1.29 is 4.79 Å². The molecular weight excluding hydrogens is 360 g/mol. The lowest BCUT2D eigenvalue weighted by Gasteiger charge is -2.23. The Kier molecular flexibility index (Phi) is 3.48. The molecule has 3 aromatic heterocycles. The van der Waals surface area contributed by atoms with Crippen LogP contribution in [0.4, 0.5) is 5.69 Å². The van der Waals surface area contributed by atoms with E-state index in [9.17, 15) is 9.59 Å². The third kappa shape index (κ3) is 2.35. The van der Waals surface area contributed by atoms with E-state index in [0.29, 0.717) is 11.3 Å². The molecule has 0 bridgehead atoms. The molecule has 6 nitrogen and oxygen atoms in total. The summed E-state index contributed by atoms with van der Waals surface area (Å²) in [7, 11) is 0. The molecule has 0 saturated carbocycles. The Balaban J connectivity index is 1.56. The van der Waals surface area contributed by atoms with Gasteiger partial charge in [0.05, 0.1) is 0 Å². The minimum Gasteiger partial charge on any atom is -0.307 e. The van der Waals surface area contributed by atoms with Crippen LogP contribution < -0.4 is 10.5 Å². The molecule has 1 aromatic carbocycles. The van der Waals surface area contributed by atoms with Crippen LogP contribution in [0.2, 0.25) is 0 Å². The maximum atomic E-state index is 13.0. The van der Waals surface area contributed by atoms with Gasteiger partial charge in [0.25, 0.3) is 5.56 Å². The second-order valence-electron chi connectivity index (χ2n) is 7.00. The zero-order valence-electron chi connectivity index (χ0n) is 15.0. The number of amides is 1. The number of fused-ring (bicyclic) bond motifs is 4. The van der Waals surface area contributed by atoms with Crippen molar-refractivity contribution in [3.8, 4) is 0 Å². The molecule has 136 valence electrons. The molecule has 27 heavy (non-hydrogen) atoms. The van der Waals surface area contributed by atoms with Crippen molar-refractivity contribution in [3.63, 3.8) is 0 Å². The highest BCUT2D eigenvalue weighted by molar-refractivity contribution is 7.16. The lowest BCUT2D eigenvalue weighted by molar-refractivity contribution is -0.119. The summed E-state index contributed by atoms with van der Waals surface area (Å²) in [5.41, 5.74) is 2.42. The molecule has 1 unspecified atom stereocenters. The molecule has 1 amide bonds. The largest absolute Gasteiger partial charge is 0.307 e. The first-order chi connectivity index (χ1) is 13.0. The van der Waals surface area contributed by atoms with Gasteiger partial charge in [0.1, 0.15) is 22.7 Å². The fraction of sp³-hybridized carbons (Fsp3) is 0.250. The van der Waals surface area contributed by atoms with Crippen LogP contribution in [0, 0.1) is 6.92 Å². The quantitative estimate of drug-likeness (QED) is 0.539. The van der Waals surface area contributed by atoms with Gasteiger partial charge in [0.2, 0.25) is 5.91 Å². The summed E-state index contributed by atoms with van der Waals surface area (Å²) in [6, 6.07) is 11.9. The van der Waals surface area contributed by atoms with E-state index in [4.69, 9.17) is 0 Å². The molecular formula is C20H18N4O2S. The summed E-state index contributed by atoms with van der Waals surface area (Å²) in [6.45, 7) is 3.83. The van der Waals surface area contributed by atoms with Crippen LogP contribution in [0.1, 0.15) is 18.3 Å². The molecule has 0 N–H and O–H groups in total. The maximum Gasteiger partial charge on any atom is 0.291 e. The van der Waals surface area contributed by atoms with Crippen LogP contribution in [0.5, 0.6) is 0 Å². The molecule has 1 atom stereocenters. The number of hydrogen-bond acceptors (Lipinski definition) is 4. The third-order valence-electron chi connectivity index (χ3n) is 5.21. The van der Waals surface area contributed by atoms with Gasteiger partial charge >= 0.3 is 0 Å². The highest BCUT2D eigenvalue weighted by Crippen LogP contribution is 2.32. The number of carbonyl (C=O) groups is 1. The number of carbonyl (C=O) groups excluding carboxylic acids is 1. The number of para-hydroxylation sites is 1. The molecule has 0 fully saturated rings. The molecule has 1 aliphatic rings. The van der Waals surface area contributed by atoms with Gasteiger partial charge in [-0.15, -0.1) is 11.3 Å². The van der Waals surface area contributed by atoms with Gasteiger partial charge in [-0.05, 0) is 49.4 Å². The highest BCUT2D eigenvalue weighted by atomic mass is 32.1. The van der Waals surface area contributed by atoms with Crippen LogP contribution in [0.25, 0.3) is 15.7 Å². The Labute approximate surface area is 159 Å².